The first-order chi connectivity index (χ1) is 15.9. The number of methoxy groups -OCH3 is 1. The Bertz CT molecular complexity index is 1460. The van der Waals surface area contributed by atoms with Crippen molar-refractivity contribution in [3.8, 4) is 5.75 Å². The molecule has 4 aromatic carbocycles. The van der Waals surface area contributed by atoms with Gasteiger partial charge in [0.05, 0.1) is 38.6 Å². The van der Waals surface area contributed by atoms with Crippen molar-refractivity contribution >= 4 is 80.0 Å². The van der Waals surface area contributed by atoms with Crippen molar-refractivity contribution in [2.75, 3.05) is 7.11 Å². The maximum atomic E-state index is 6.53. The van der Waals surface area contributed by atoms with Gasteiger partial charge in [0.2, 0.25) is 0 Å². The normalized spacial score (nSPS) is 15.1. The van der Waals surface area contributed by atoms with Crippen LogP contribution < -0.4 is 4.74 Å². The van der Waals surface area contributed by atoms with Crippen LogP contribution in [0.15, 0.2) is 70.6 Å². The quantitative estimate of drug-likeness (QED) is 0.269. The highest BCUT2D eigenvalue weighted by Gasteiger charge is 2.28. The molecule has 0 spiro atoms. The summed E-state index contributed by atoms with van der Waals surface area (Å²) in [5.74, 6) is 0.554. The lowest BCUT2D eigenvalue weighted by Crippen LogP contribution is -2.10. The van der Waals surface area contributed by atoms with Crippen LogP contribution in [0.25, 0.3) is 10.8 Å². The summed E-state index contributed by atoms with van der Waals surface area (Å²) in [6.07, 6.45) is 0. The van der Waals surface area contributed by atoms with Crippen molar-refractivity contribution in [3.05, 3.63) is 97.4 Å². The SMILES string of the molecule is COc1cc(Cl)c(N=C2C(=Nc3c(Cl)cc(C)cc3Cl)c3cccc4cccc2c34)c(Cl)c1. The molecule has 0 bridgehead atoms. The van der Waals surface area contributed by atoms with Crippen molar-refractivity contribution in [2.45, 2.75) is 6.92 Å². The predicted molar refractivity (Wildman–Crippen MR) is 141 cm³/mol. The molecule has 0 heterocycles. The highest BCUT2D eigenvalue weighted by atomic mass is 35.5. The number of hydrogen-bond donors (Lipinski definition) is 0. The van der Waals surface area contributed by atoms with Gasteiger partial charge in [-0.05, 0) is 30.0 Å². The van der Waals surface area contributed by atoms with Gasteiger partial charge in [-0.1, -0.05) is 82.8 Å². The molecule has 0 N–H and O–H groups in total. The van der Waals surface area contributed by atoms with Crippen LogP contribution in [0, 0.1) is 6.92 Å². The smallest absolute Gasteiger partial charge is 0.121 e. The van der Waals surface area contributed by atoms with Gasteiger partial charge in [0.1, 0.15) is 17.1 Å². The maximum absolute atomic E-state index is 6.53. The fourth-order valence-electron chi connectivity index (χ4n) is 4.01. The molecule has 33 heavy (non-hydrogen) atoms. The zero-order chi connectivity index (χ0) is 23.3. The van der Waals surface area contributed by atoms with Crippen LogP contribution in [0.1, 0.15) is 16.7 Å². The number of rotatable bonds is 3. The minimum absolute atomic E-state index is 0.376. The Hall–Kier alpha value is -2.56. The number of hydrogen-bond acceptors (Lipinski definition) is 3. The van der Waals surface area contributed by atoms with E-state index < -0.39 is 0 Å². The number of aryl methyl sites for hydroxylation is 1. The molecule has 0 aliphatic heterocycles. The Balaban J connectivity index is 1.82. The van der Waals surface area contributed by atoms with Crippen LogP contribution in [-0.2, 0) is 0 Å². The average Bonchev–Trinajstić information content (AvgIpc) is 3.07. The van der Waals surface area contributed by atoms with Crippen molar-refractivity contribution in [3.63, 3.8) is 0 Å². The Morgan fingerprint density at radius 3 is 1.58 bits per heavy atom. The average molecular weight is 514 g/mol. The second-order valence-corrected chi connectivity index (χ2v) is 9.28. The van der Waals surface area contributed by atoms with Crippen molar-refractivity contribution in [2.24, 2.45) is 9.98 Å². The van der Waals surface area contributed by atoms with Crippen LogP contribution in [0.3, 0.4) is 0 Å². The van der Waals surface area contributed by atoms with E-state index in [1.165, 1.54) is 0 Å². The first kappa shape index (κ1) is 22.2. The third-order valence-electron chi connectivity index (χ3n) is 5.47. The van der Waals surface area contributed by atoms with Gasteiger partial charge in [0.25, 0.3) is 0 Å². The third kappa shape index (κ3) is 3.89. The lowest BCUT2D eigenvalue weighted by molar-refractivity contribution is 0.415. The first-order valence-electron chi connectivity index (χ1n) is 10.1. The molecule has 4 aromatic rings. The molecule has 0 unspecified atom stereocenters. The second kappa shape index (κ2) is 8.66. The van der Waals surface area contributed by atoms with Gasteiger partial charge in [-0.25, -0.2) is 9.98 Å². The number of ether oxygens (including phenoxy) is 1. The van der Waals surface area contributed by atoms with Crippen molar-refractivity contribution in [1.82, 2.24) is 0 Å². The summed E-state index contributed by atoms with van der Waals surface area (Å²) in [7, 11) is 1.56. The molecule has 0 saturated carbocycles. The van der Waals surface area contributed by atoms with Gasteiger partial charge in [-0.15, -0.1) is 0 Å². The van der Waals surface area contributed by atoms with E-state index in [-0.39, 0.29) is 0 Å². The minimum Gasteiger partial charge on any atom is -0.497 e. The summed E-state index contributed by atoms with van der Waals surface area (Å²) in [5, 5.41) is 3.82. The van der Waals surface area contributed by atoms with Crippen molar-refractivity contribution in [1.29, 1.82) is 0 Å². The molecular formula is C26H16Cl4N2O. The second-order valence-electron chi connectivity index (χ2n) is 7.65. The largest absolute Gasteiger partial charge is 0.497 e. The molecule has 7 heteroatoms. The van der Waals surface area contributed by atoms with Crippen LogP contribution in [0.5, 0.6) is 5.75 Å². The highest BCUT2D eigenvalue weighted by molar-refractivity contribution is 6.62. The lowest BCUT2D eigenvalue weighted by Gasteiger charge is -2.09. The fraction of sp³-hybridized carbons (Fsp3) is 0.0769. The molecule has 0 saturated heterocycles. The number of halogens is 4. The van der Waals surface area contributed by atoms with E-state index in [4.69, 9.17) is 61.1 Å². The zero-order valence-corrected chi connectivity index (χ0v) is 20.6. The van der Waals surface area contributed by atoms with Gasteiger partial charge >= 0.3 is 0 Å². The molecular weight excluding hydrogens is 498 g/mol. The van der Waals surface area contributed by atoms with E-state index in [1.807, 2.05) is 43.3 Å². The minimum atomic E-state index is 0.376. The third-order valence-corrected chi connectivity index (χ3v) is 6.63. The van der Waals surface area contributed by atoms with E-state index in [0.717, 1.165) is 27.5 Å². The lowest BCUT2D eigenvalue weighted by atomic mass is 10.1. The summed E-state index contributed by atoms with van der Waals surface area (Å²) >= 11 is 26.1. The number of benzene rings is 4. The Morgan fingerprint density at radius 2 is 1.12 bits per heavy atom. The molecule has 1 aliphatic carbocycles. The Morgan fingerprint density at radius 1 is 0.667 bits per heavy atom. The van der Waals surface area contributed by atoms with E-state index in [1.54, 1.807) is 19.2 Å². The summed E-state index contributed by atoms with van der Waals surface area (Å²) in [4.78, 5) is 9.83. The summed E-state index contributed by atoms with van der Waals surface area (Å²) < 4.78 is 5.26. The molecule has 0 atom stereocenters. The molecule has 164 valence electrons. The molecule has 3 nitrogen and oxygen atoms in total. The van der Waals surface area contributed by atoms with E-state index in [0.29, 0.717) is 48.6 Å². The van der Waals surface area contributed by atoms with E-state index in [9.17, 15) is 0 Å². The van der Waals surface area contributed by atoms with E-state index >= 15 is 0 Å². The van der Waals surface area contributed by atoms with Crippen molar-refractivity contribution < 1.29 is 4.74 Å². The summed E-state index contributed by atoms with van der Waals surface area (Å²) in [6, 6.07) is 19.2. The van der Waals surface area contributed by atoms with Crippen LogP contribution >= 0.6 is 46.4 Å². The summed E-state index contributed by atoms with van der Waals surface area (Å²) in [5.41, 5.74) is 5.05. The van der Waals surface area contributed by atoms with E-state index in [2.05, 4.69) is 12.1 Å². The Labute approximate surface area is 211 Å². The van der Waals surface area contributed by atoms with Crippen LogP contribution in [0.2, 0.25) is 20.1 Å². The van der Waals surface area contributed by atoms with Gasteiger partial charge in [0.15, 0.2) is 0 Å². The predicted octanol–water partition coefficient (Wildman–Crippen LogP) is 9.03. The molecule has 0 aromatic heterocycles. The Kier molecular flexibility index (Phi) is 5.84. The number of aliphatic imine (C=N–C) groups is 2. The van der Waals surface area contributed by atoms with Crippen LogP contribution in [0.4, 0.5) is 11.4 Å². The molecule has 0 amide bonds. The fourth-order valence-corrected chi connectivity index (χ4v) is 5.24. The molecule has 0 radical (unpaired) electrons. The van der Waals surface area contributed by atoms with Gasteiger partial charge < -0.3 is 4.74 Å². The highest BCUT2D eigenvalue weighted by Crippen LogP contribution is 2.41. The van der Waals surface area contributed by atoms with Gasteiger partial charge in [-0.3, -0.25) is 0 Å². The molecule has 5 rings (SSSR count). The maximum Gasteiger partial charge on any atom is 0.121 e. The zero-order valence-electron chi connectivity index (χ0n) is 17.6. The topological polar surface area (TPSA) is 34.0 Å². The summed E-state index contributed by atoms with van der Waals surface area (Å²) in [6.45, 7) is 1.93. The molecule has 0 fully saturated rings. The molecule has 1 aliphatic rings. The van der Waals surface area contributed by atoms with Crippen LogP contribution in [-0.4, -0.2) is 18.5 Å². The first-order valence-corrected chi connectivity index (χ1v) is 11.6. The standard InChI is InChI=1S/C26H16Cl4N2O/c1-13-9-18(27)25(19(28)10-13)31-23-16-7-3-5-14-6-4-8-17(22(14)16)24(23)32-26-20(29)11-15(33-2)12-21(26)30/h3-12H,1-2H3. The number of nitrogens with zero attached hydrogens (tertiary/aromatic N) is 2. The van der Waals surface area contributed by atoms with Gasteiger partial charge in [0, 0.05) is 28.6 Å². The van der Waals surface area contributed by atoms with Gasteiger partial charge in [-0.2, -0.15) is 0 Å². The monoisotopic (exact) mass is 512 g/mol.